The molecule has 0 bridgehead atoms. The van der Waals surface area contributed by atoms with Crippen molar-refractivity contribution < 1.29 is 4.79 Å². The Morgan fingerprint density at radius 2 is 2.38 bits per heavy atom. The molecule has 1 aliphatic carbocycles. The van der Waals surface area contributed by atoms with Crippen LogP contribution in [0.2, 0.25) is 0 Å². The van der Waals surface area contributed by atoms with E-state index in [4.69, 9.17) is 12.2 Å². The molecule has 3 nitrogen and oxygen atoms in total. The highest BCUT2D eigenvalue weighted by atomic mass is 16.1. The molecule has 13 heavy (non-hydrogen) atoms. The second-order valence-electron chi connectivity index (χ2n) is 3.48. The molecule has 1 amide bonds. The van der Waals surface area contributed by atoms with E-state index in [1.54, 1.807) is 0 Å². The maximum atomic E-state index is 11.2. The summed E-state index contributed by atoms with van der Waals surface area (Å²) in [4.78, 5) is 11.2. The van der Waals surface area contributed by atoms with Gasteiger partial charge in [0.1, 0.15) is 0 Å². The molecule has 0 spiro atoms. The van der Waals surface area contributed by atoms with Crippen LogP contribution in [0.15, 0.2) is 0 Å². The maximum absolute atomic E-state index is 11.2. The molecule has 1 rings (SSSR count). The number of terminal acetylenes is 1. The van der Waals surface area contributed by atoms with Crippen molar-refractivity contribution in [1.82, 2.24) is 5.32 Å². The molecule has 2 unspecified atom stereocenters. The highest BCUT2D eigenvalue weighted by Gasteiger charge is 2.26. The van der Waals surface area contributed by atoms with Gasteiger partial charge in [0.05, 0.1) is 6.42 Å². The molecular weight excluding hydrogens is 164 g/mol. The molecule has 1 aliphatic rings. The Labute approximate surface area is 79.1 Å². The van der Waals surface area contributed by atoms with Crippen LogP contribution in [-0.4, -0.2) is 18.5 Å². The lowest BCUT2D eigenvalue weighted by Gasteiger charge is -2.18. The number of carbonyl (C=O) groups is 1. The third-order valence-electron chi connectivity index (χ3n) is 2.57. The molecule has 3 N–H and O–H groups in total. The van der Waals surface area contributed by atoms with E-state index in [0.717, 1.165) is 19.3 Å². The molecule has 0 heterocycles. The van der Waals surface area contributed by atoms with E-state index < -0.39 is 0 Å². The molecule has 1 saturated carbocycles. The Balaban J connectivity index is 2.35. The summed E-state index contributed by atoms with van der Waals surface area (Å²) in [7, 11) is 0. The van der Waals surface area contributed by atoms with Crippen molar-refractivity contribution in [2.75, 3.05) is 6.54 Å². The minimum atomic E-state index is -0.0483. The fourth-order valence-corrected chi connectivity index (χ4v) is 1.86. The lowest BCUT2D eigenvalue weighted by atomic mass is 10.0. The number of amides is 1. The Hall–Kier alpha value is -1.01. The molecule has 0 saturated heterocycles. The van der Waals surface area contributed by atoms with Gasteiger partial charge in [-0.15, -0.1) is 6.42 Å². The first kappa shape index (κ1) is 10.1. The average Bonchev–Trinajstić information content (AvgIpc) is 2.52. The lowest BCUT2D eigenvalue weighted by molar-refractivity contribution is -0.121. The molecule has 0 aromatic carbocycles. The zero-order valence-corrected chi connectivity index (χ0v) is 7.75. The minimum absolute atomic E-state index is 0.0483. The highest BCUT2D eigenvalue weighted by Crippen LogP contribution is 2.24. The van der Waals surface area contributed by atoms with Crippen molar-refractivity contribution in [2.24, 2.45) is 11.7 Å². The third kappa shape index (κ3) is 2.74. The van der Waals surface area contributed by atoms with Gasteiger partial charge in [-0.1, -0.05) is 12.3 Å². The van der Waals surface area contributed by atoms with Crippen LogP contribution in [0, 0.1) is 18.3 Å². The smallest absolute Gasteiger partial charge is 0.232 e. The summed E-state index contributed by atoms with van der Waals surface area (Å²) < 4.78 is 0. The van der Waals surface area contributed by atoms with Gasteiger partial charge < -0.3 is 11.1 Å². The molecule has 3 heteroatoms. The first-order valence-electron chi connectivity index (χ1n) is 4.70. The van der Waals surface area contributed by atoms with Crippen LogP contribution >= 0.6 is 0 Å². The summed E-state index contributed by atoms with van der Waals surface area (Å²) in [6, 6.07) is 0.255. The fourth-order valence-electron chi connectivity index (χ4n) is 1.86. The predicted molar refractivity (Wildman–Crippen MR) is 51.8 cm³/mol. The first-order chi connectivity index (χ1) is 6.27. The van der Waals surface area contributed by atoms with Crippen LogP contribution in [0.25, 0.3) is 0 Å². The SMILES string of the molecule is C#CCC(=O)NC1CCCC1CN. The van der Waals surface area contributed by atoms with E-state index in [1.807, 2.05) is 0 Å². The summed E-state index contributed by atoms with van der Waals surface area (Å²) in [5, 5.41) is 2.92. The Kier molecular flexibility index (Phi) is 3.78. The van der Waals surface area contributed by atoms with Crippen LogP contribution in [0.3, 0.4) is 0 Å². The van der Waals surface area contributed by atoms with Crippen molar-refractivity contribution in [3.8, 4) is 12.3 Å². The molecule has 0 aromatic heterocycles. The summed E-state index contributed by atoms with van der Waals surface area (Å²) in [5.41, 5.74) is 5.58. The van der Waals surface area contributed by atoms with Gasteiger partial charge in [0, 0.05) is 6.04 Å². The van der Waals surface area contributed by atoms with Gasteiger partial charge in [-0.3, -0.25) is 4.79 Å². The molecule has 0 aromatic rings. The quantitative estimate of drug-likeness (QED) is 0.612. The van der Waals surface area contributed by atoms with Gasteiger partial charge in [0.15, 0.2) is 0 Å². The van der Waals surface area contributed by atoms with E-state index in [0.29, 0.717) is 12.5 Å². The van der Waals surface area contributed by atoms with Gasteiger partial charge in [-0.25, -0.2) is 0 Å². The maximum Gasteiger partial charge on any atom is 0.232 e. The standard InChI is InChI=1S/C10H16N2O/c1-2-4-10(13)12-9-6-3-5-8(9)7-11/h1,8-9H,3-7,11H2,(H,12,13). The number of nitrogens with one attached hydrogen (secondary N) is 1. The molecule has 72 valence electrons. The predicted octanol–water partition coefficient (Wildman–Crippen LogP) is 0.253. The lowest BCUT2D eigenvalue weighted by Crippen LogP contribution is -2.39. The molecule has 0 radical (unpaired) electrons. The van der Waals surface area contributed by atoms with E-state index in [9.17, 15) is 4.79 Å². The van der Waals surface area contributed by atoms with E-state index >= 15 is 0 Å². The topological polar surface area (TPSA) is 55.1 Å². The molecule has 1 fully saturated rings. The van der Waals surface area contributed by atoms with E-state index in [-0.39, 0.29) is 18.4 Å². The van der Waals surface area contributed by atoms with Crippen LogP contribution in [0.1, 0.15) is 25.7 Å². The van der Waals surface area contributed by atoms with Gasteiger partial charge in [-0.2, -0.15) is 0 Å². The van der Waals surface area contributed by atoms with E-state index in [2.05, 4.69) is 11.2 Å². The zero-order chi connectivity index (χ0) is 9.68. The Morgan fingerprint density at radius 3 is 3.00 bits per heavy atom. The van der Waals surface area contributed by atoms with Crippen LogP contribution < -0.4 is 11.1 Å². The third-order valence-corrected chi connectivity index (χ3v) is 2.57. The molecular formula is C10H16N2O. The highest BCUT2D eigenvalue weighted by molar-refractivity contribution is 5.78. The Morgan fingerprint density at radius 1 is 1.62 bits per heavy atom. The van der Waals surface area contributed by atoms with Gasteiger partial charge >= 0.3 is 0 Å². The Bertz CT molecular complexity index is 219. The zero-order valence-electron chi connectivity index (χ0n) is 7.75. The molecule has 2 atom stereocenters. The summed E-state index contributed by atoms with van der Waals surface area (Å²) in [6.07, 6.45) is 8.53. The first-order valence-corrected chi connectivity index (χ1v) is 4.70. The second kappa shape index (κ2) is 4.88. The average molecular weight is 180 g/mol. The van der Waals surface area contributed by atoms with Crippen molar-refractivity contribution in [3.05, 3.63) is 0 Å². The van der Waals surface area contributed by atoms with Gasteiger partial charge in [-0.05, 0) is 25.3 Å². The van der Waals surface area contributed by atoms with Gasteiger partial charge in [0.25, 0.3) is 0 Å². The normalized spacial score (nSPS) is 26.8. The monoisotopic (exact) mass is 180 g/mol. The van der Waals surface area contributed by atoms with Crippen molar-refractivity contribution >= 4 is 5.91 Å². The van der Waals surface area contributed by atoms with Crippen LogP contribution in [0.5, 0.6) is 0 Å². The van der Waals surface area contributed by atoms with Gasteiger partial charge in [0.2, 0.25) is 5.91 Å². The minimum Gasteiger partial charge on any atom is -0.352 e. The largest absolute Gasteiger partial charge is 0.352 e. The van der Waals surface area contributed by atoms with Crippen molar-refractivity contribution in [3.63, 3.8) is 0 Å². The van der Waals surface area contributed by atoms with Crippen LogP contribution in [-0.2, 0) is 4.79 Å². The summed E-state index contributed by atoms with van der Waals surface area (Å²) in [5.74, 6) is 2.73. The second-order valence-corrected chi connectivity index (χ2v) is 3.48. The number of hydrogen-bond donors (Lipinski definition) is 2. The fraction of sp³-hybridized carbons (Fsp3) is 0.700. The summed E-state index contributed by atoms with van der Waals surface area (Å²) in [6.45, 7) is 0.654. The van der Waals surface area contributed by atoms with E-state index in [1.165, 1.54) is 0 Å². The van der Waals surface area contributed by atoms with Crippen molar-refractivity contribution in [1.29, 1.82) is 0 Å². The van der Waals surface area contributed by atoms with Crippen LogP contribution in [0.4, 0.5) is 0 Å². The summed E-state index contributed by atoms with van der Waals surface area (Å²) >= 11 is 0. The molecule has 0 aliphatic heterocycles. The number of nitrogens with two attached hydrogens (primary N) is 1. The number of carbonyl (C=O) groups excluding carboxylic acids is 1. The number of hydrogen-bond acceptors (Lipinski definition) is 2. The van der Waals surface area contributed by atoms with Crippen molar-refractivity contribution in [2.45, 2.75) is 31.7 Å². The number of rotatable bonds is 3.